The minimum atomic E-state index is -0.364. The van der Waals surface area contributed by atoms with Crippen molar-refractivity contribution >= 4 is 50.5 Å². The zero-order chi connectivity index (χ0) is 29.3. The van der Waals surface area contributed by atoms with Gasteiger partial charge in [0.25, 0.3) is 0 Å². The summed E-state index contributed by atoms with van der Waals surface area (Å²) in [6, 6.07) is 22.3. The number of anilines is 1. The standard InChI is InChI=1S/C32H30FN5O2S2/c1-40-14-13-34-19-22-7-10-27(36-20-22)29-18-28-31(42-29)24(11-12-35-28)16-23-8-9-25(17-26(23)33)37-32(41)38-30(39)15-21-5-3-2-4-6-21/h2-12,17-18,20,34H,13-16,19H2,1H3,(H2,37,38,39,41). The van der Waals surface area contributed by atoms with E-state index in [4.69, 9.17) is 17.0 Å². The van der Waals surface area contributed by atoms with E-state index >= 15 is 4.39 Å². The van der Waals surface area contributed by atoms with E-state index in [-0.39, 0.29) is 23.3 Å². The Labute approximate surface area is 253 Å². The molecule has 5 aromatic rings. The van der Waals surface area contributed by atoms with Gasteiger partial charge in [0.15, 0.2) is 5.11 Å². The topological polar surface area (TPSA) is 88.2 Å². The number of methoxy groups -OCH3 is 1. The zero-order valence-corrected chi connectivity index (χ0v) is 24.7. The first-order chi connectivity index (χ1) is 20.5. The van der Waals surface area contributed by atoms with Crippen LogP contribution in [0.1, 0.15) is 22.3 Å². The number of rotatable bonds is 11. The van der Waals surface area contributed by atoms with Crippen molar-refractivity contribution in [3.8, 4) is 10.6 Å². The minimum Gasteiger partial charge on any atom is -0.383 e. The molecule has 3 aromatic heterocycles. The number of carbonyl (C=O) groups excluding carboxylic acids is 1. The first kappa shape index (κ1) is 29.4. The van der Waals surface area contributed by atoms with Crippen LogP contribution in [0, 0.1) is 5.82 Å². The van der Waals surface area contributed by atoms with E-state index in [1.165, 1.54) is 6.07 Å². The molecule has 0 fully saturated rings. The smallest absolute Gasteiger partial charge is 0.230 e. The largest absolute Gasteiger partial charge is 0.383 e. The second-order valence-electron chi connectivity index (χ2n) is 9.66. The molecule has 0 aliphatic carbocycles. The Hall–Kier alpha value is -4.09. The minimum absolute atomic E-state index is 0.119. The summed E-state index contributed by atoms with van der Waals surface area (Å²) >= 11 is 6.86. The number of aromatic nitrogens is 2. The van der Waals surface area contributed by atoms with Gasteiger partial charge in [-0.05, 0) is 64.8 Å². The highest BCUT2D eigenvalue weighted by atomic mass is 32.1. The third-order valence-corrected chi connectivity index (χ3v) is 7.96. The van der Waals surface area contributed by atoms with Crippen LogP contribution < -0.4 is 16.0 Å². The summed E-state index contributed by atoms with van der Waals surface area (Å²) in [4.78, 5) is 22.5. The second-order valence-corrected chi connectivity index (χ2v) is 11.1. The molecule has 7 nitrogen and oxygen atoms in total. The Morgan fingerprint density at radius 2 is 1.86 bits per heavy atom. The van der Waals surface area contributed by atoms with Gasteiger partial charge in [0, 0.05) is 44.7 Å². The maximum absolute atomic E-state index is 15.2. The van der Waals surface area contributed by atoms with Crippen LogP contribution in [0.15, 0.2) is 85.2 Å². The fourth-order valence-corrected chi connectivity index (χ4v) is 5.76. The van der Waals surface area contributed by atoms with Crippen LogP contribution in [-0.2, 0) is 28.9 Å². The number of carbonyl (C=O) groups is 1. The van der Waals surface area contributed by atoms with Crippen LogP contribution in [0.25, 0.3) is 20.8 Å². The Bertz CT molecular complexity index is 1680. The van der Waals surface area contributed by atoms with Gasteiger partial charge in [-0.1, -0.05) is 42.5 Å². The number of hydrogen-bond acceptors (Lipinski definition) is 7. The van der Waals surface area contributed by atoms with Gasteiger partial charge in [-0.3, -0.25) is 14.8 Å². The van der Waals surface area contributed by atoms with Crippen molar-refractivity contribution in [1.29, 1.82) is 0 Å². The summed E-state index contributed by atoms with van der Waals surface area (Å²) in [5.74, 6) is -0.606. The molecule has 0 aliphatic rings. The average molecular weight is 600 g/mol. The molecule has 0 spiro atoms. The fraction of sp³-hybridized carbons (Fsp3) is 0.188. The zero-order valence-electron chi connectivity index (χ0n) is 23.0. The molecule has 5 rings (SSSR count). The number of fused-ring (bicyclic) bond motifs is 1. The van der Waals surface area contributed by atoms with Gasteiger partial charge >= 0.3 is 0 Å². The van der Waals surface area contributed by atoms with Crippen molar-refractivity contribution in [2.45, 2.75) is 19.4 Å². The number of halogens is 1. The molecule has 42 heavy (non-hydrogen) atoms. The molecule has 1 amide bonds. The molecule has 0 radical (unpaired) electrons. The third-order valence-electron chi connectivity index (χ3n) is 6.54. The summed E-state index contributed by atoms with van der Waals surface area (Å²) in [5.41, 5.74) is 5.70. The first-order valence-electron chi connectivity index (χ1n) is 13.4. The van der Waals surface area contributed by atoms with Crippen molar-refractivity contribution in [3.05, 3.63) is 113 Å². The highest BCUT2D eigenvalue weighted by Gasteiger charge is 2.13. The highest BCUT2D eigenvalue weighted by molar-refractivity contribution is 7.80. The molecular weight excluding hydrogens is 570 g/mol. The molecule has 0 saturated heterocycles. The van der Waals surface area contributed by atoms with E-state index in [2.05, 4.69) is 32.0 Å². The number of hydrogen-bond donors (Lipinski definition) is 3. The molecule has 0 saturated carbocycles. The van der Waals surface area contributed by atoms with E-state index < -0.39 is 0 Å². The molecule has 3 heterocycles. The number of thiocarbonyl (C=S) groups is 1. The van der Waals surface area contributed by atoms with Crippen molar-refractivity contribution < 1.29 is 13.9 Å². The summed E-state index contributed by atoms with van der Waals surface area (Å²) in [7, 11) is 1.68. The van der Waals surface area contributed by atoms with E-state index in [1.807, 2.05) is 54.7 Å². The van der Waals surface area contributed by atoms with Gasteiger partial charge in [0.05, 0.1) is 33.8 Å². The lowest BCUT2D eigenvalue weighted by Crippen LogP contribution is -2.35. The lowest BCUT2D eigenvalue weighted by Gasteiger charge is -2.11. The predicted molar refractivity (Wildman–Crippen MR) is 170 cm³/mol. The summed E-state index contributed by atoms with van der Waals surface area (Å²) in [5, 5.41) is 8.98. The molecule has 0 unspecified atom stereocenters. The summed E-state index contributed by atoms with van der Waals surface area (Å²) < 4.78 is 21.2. The van der Waals surface area contributed by atoms with E-state index in [0.717, 1.165) is 50.6 Å². The fourth-order valence-electron chi connectivity index (χ4n) is 4.43. The molecule has 0 aliphatic heterocycles. The third kappa shape index (κ3) is 7.80. The van der Waals surface area contributed by atoms with Gasteiger partial charge in [0.2, 0.25) is 5.91 Å². The van der Waals surface area contributed by atoms with E-state index in [1.54, 1.807) is 36.8 Å². The van der Waals surface area contributed by atoms with Gasteiger partial charge in [-0.15, -0.1) is 11.3 Å². The molecule has 214 valence electrons. The first-order valence-corrected chi connectivity index (χ1v) is 14.7. The van der Waals surface area contributed by atoms with Crippen molar-refractivity contribution in [3.63, 3.8) is 0 Å². The van der Waals surface area contributed by atoms with Gasteiger partial charge < -0.3 is 20.7 Å². The quantitative estimate of drug-likeness (QED) is 0.129. The Morgan fingerprint density at radius 1 is 1.00 bits per heavy atom. The highest BCUT2D eigenvalue weighted by Crippen LogP contribution is 2.34. The second kappa shape index (κ2) is 14.2. The number of thiophene rings is 1. The molecule has 10 heteroatoms. The van der Waals surface area contributed by atoms with Crippen LogP contribution in [0.3, 0.4) is 0 Å². The van der Waals surface area contributed by atoms with Crippen LogP contribution in [0.2, 0.25) is 0 Å². The van der Waals surface area contributed by atoms with Gasteiger partial charge in [0.1, 0.15) is 5.82 Å². The van der Waals surface area contributed by atoms with E-state index in [9.17, 15) is 4.79 Å². The van der Waals surface area contributed by atoms with Gasteiger partial charge in [-0.25, -0.2) is 4.39 Å². The van der Waals surface area contributed by atoms with Gasteiger partial charge in [-0.2, -0.15) is 0 Å². The molecule has 0 bridgehead atoms. The van der Waals surface area contributed by atoms with Crippen molar-refractivity contribution in [1.82, 2.24) is 20.6 Å². The number of benzene rings is 2. The lowest BCUT2D eigenvalue weighted by atomic mass is 10.0. The Kier molecular flexibility index (Phi) is 9.94. The van der Waals surface area contributed by atoms with Crippen molar-refractivity contribution in [2.24, 2.45) is 0 Å². The maximum atomic E-state index is 15.2. The van der Waals surface area contributed by atoms with Crippen LogP contribution >= 0.6 is 23.6 Å². The Morgan fingerprint density at radius 3 is 2.62 bits per heavy atom. The monoisotopic (exact) mass is 599 g/mol. The van der Waals surface area contributed by atoms with Crippen LogP contribution in [-0.4, -0.2) is 41.2 Å². The number of pyridine rings is 2. The van der Waals surface area contributed by atoms with Crippen LogP contribution in [0.5, 0.6) is 0 Å². The number of nitrogens with one attached hydrogen (secondary N) is 3. The lowest BCUT2D eigenvalue weighted by molar-refractivity contribution is -0.119. The average Bonchev–Trinajstić information content (AvgIpc) is 3.43. The van der Waals surface area contributed by atoms with E-state index in [0.29, 0.717) is 24.3 Å². The Balaban J connectivity index is 1.23. The molecule has 3 N–H and O–H groups in total. The number of nitrogens with zero attached hydrogens (tertiary/aromatic N) is 2. The summed E-state index contributed by atoms with van der Waals surface area (Å²) in [6.07, 6.45) is 4.23. The molecule has 2 aromatic carbocycles. The molecule has 0 atom stereocenters. The maximum Gasteiger partial charge on any atom is 0.230 e. The summed E-state index contributed by atoms with van der Waals surface area (Å²) in [6.45, 7) is 2.17. The predicted octanol–water partition coefficient (Wildman–Crippen LogP) is 5.88. The normalized spacial score (nSPS) is 11.0. The SMILES string of the molecule is COCCNCc1ccc(-c2cc3nccc(Cc4ccc(NC(=S)NC(=O)Cc5ccccc5)cc4F)c3s2)nc1. The van der Waals surface area contributed by atoms with Crippen LogP contribution in [0.4, 0.5) is 10.1 Å². The number of ether oxygens (including phenoxy) is 1. The van der Waals surface area contributed by atoms with Crippen molar-refractivity contribution in [2.75, 3.05) is 25.6 Å². The number of amides is 1. The molecular formula is C32H30FN5O2S2.